The van der Waals surface area contributed by atoms with Crippen LogP contribution in [0.3, 0.4) is 0 Å². The minimum Gasteiger partial charge on any atom is -0.461 e. The Bertz CT molecular complexity index is 617. The van der Waals surface area contributed by atoms with Crippen LogP contribution in [0.15, 0.2) is 34.9 Å². The third kappa shape index (κ3) is 3.28. The highest BCUT2D eigenvalue weighted by atomic mass is 79.9. The van der Waals surface area contributed by atoms with Crippen LogP contribution in [0, 0.1) is 12.7 Å². The zero-order valence-electron chi connectivity index (χ0n) is 11.3. The summed E-state index contributed by atoms with van der Waals surface area (Å²) in [4.78, 5) is 11.9. The zero-order valence-corrected chi connectivity index (χ0v) is 12.9. The van der Waals surface area contributed by atoms with Gasteiger partial charge >= 0.3 is 5.97 Å². The number of carbonyl (C=O) groups is 1. The van der Waals surface area contributed by atoms with Crippen molar-refractivity contribution < 1.29 is 13.9 Å². The summed E-state index contributed by atoms with van der Waals surface area (Å²) in [6.45, 7) is 4.36. The van der Waals surface area contributed by atoms with Crippen LogP contribution in [0.4, 0.5) is 4.39 Å². The van der Waals surface area contributed by atoms with E-state index in [0.717, 1.165) is 11.1 Å². The molecular weight excluding hydrogens is 325 g/mol. The molecule has 0 radical (unpaired) electrons. The molecule has 20 heavy (non-hydrogen) atoms. The van der Waals surface area contributed by atoms with Crippen LogP contribution < -0.4 is 0 Å². The van der Waals surface area contributed by atoms with Gasteiger partial charge in [0, 0.05) is 17.2 Å². The van der Waals surface area contributed by atoms with E-state index in [-0.39, 0.29) is 11.8 Å². The maximum atomic E-state index is 13.4. The second-order valence-corrected chi connectivity index (χ2v) is 5.39. The number of nitrogens with zero attached hydrogens (tertiary/aromatic N) is 1. The number of rotatable bonds is 4. The summed E-state index contributed by atoms with van der Waals surface area (Å²) < 4.78 is 20.9. The van der Waals surface area contributed by atoms with Crippen LogP contribution in [-0.4, -0.2) is 17.1 Å². The molecule has 0 unspecified atom stereocenters. The number of halogens is 2. The number of hydrogen-bond acceptors (Lipinski definition) is 2. The molecule has 1 aromatic heterocycles. The quantitative estimate of drug-likeness (QED) is 0.790. The van der Waals surface area contributed by atoms with Crippen molar-refractivity contribution in [1.82, 2.24) is 4.57 Å². The van der Waals surface area contributed by atoms with Gasteiger partial charge in [0.1, 0.15) is 11.5 Å². The highest BCUT2D eigenvalue weighted by molar-refractivity contribution is 9.10. The van der Waals surface area contributed by atoms with Gasteiger partial charge in [0.15, 0.2) is 0 Å². The predicted octanol–water partition coefficient (Wildman–Crippen LogP) is 3.92. The van der Waals surface area contributed by atoms with E-state index >= 15 is 0 Å². The van der Waals surface area contributed by atoms with E-state index in [1.54, 1.807) is 17.7 Å². The first-order valence-corrected chi connectivity index (χ1v) is 7.08. The van der Waals surface area contributed by atoms with E-state index in [0.29, 0.717) is 23.3 Å². The van der Waals surface area contributed by atoms with Gasteiger partial charge in [-0.05, 0) is 49.2 Å². The van der Waals surface area contributed by atoms with Crippen molar-refractivity contribution in [3.8, 4) is 0 Å². The van der Waals surface area contributed by atoms with Crippen molar-refractivity contribution in [2.45, 2.75) is 20.4 Å². The van der Waals surface area contributed by atoms with Gasteiger partial charge in [-0.2, -0.15) is 0 Å². The Morgan fingerprint density at radius 3 is 2.80 bits per heavy atom. The second kappa shape index (κ2) is 6.22. The molecule has 0 N–H and O–H groups in total. The van der Waals surface area contributed by atoms with E-state index in [2.05, 4.69) is 15.9 Å². The van der Waals surface area contributed by atoms with Gasteiger partial charge in [-0.25, -0.2) is 9.18 Å². The van der Waals surface area contributed by atoms with Crippen LogP contribution in [0.1, 0.15) is 28.5 Å². The fourth-order valence-electron chi connectivity index (χ4n) is 2.09. The summed E-state index contributed by atoms with van der Waals surface area (Å²) in [5.74, 6) is -0.665. The van der Waals surface area contributed by atoms with Gasteiger partial charge in [-0.15, -0.1) is 0 Å². The first kappa shape index (κ1) is 14.8. The number of aryl methyl sites for hydroxylation is 1. The van der Waals surface area contributed by atoms with Crippen molar-refractivity contribution in [2.24, 2.45) is 0 Å². The predicted molar refractivity (Wildman–Crippen MR) is 78.3 cm³/mol. The van der Waals surface area contributed by atoms with E-state index in [1.165, 1.54) is 12.1 Å². The van der Waals surface area contributed by atoms with Gasteiger partial charge in [0.25, 0.3) is 0 Å². The molecule has 2 aromatic rings. The molecular formula is C15H15BrFNO2. The van der Waals surface area contributed by atoms with Gasteiger partial charge in [-0.3, -0.25) is 0 Å². The number of aromatic nitrogens is 1. The van der Waals surface area contributed by atoms with Gasteiger partial charge < -0.3 is 9.30 Å². The lowest BCUT2D eigenvalue weighted by Crippen LogP contribution is -2.13. The second-order valence-electron chi connectivity index (χ2n) is 4.47. The average molecular weight is 340 g/mol. The number of esters is 1. The number of ether oxygens (including phenoxy) is 1. The third-order valence-corrected chi connectivity index (χ3v) is 3.37. The van der Waals surface area contributed by atoms with Crippen LogP contribution in [0.5, 0.6) is 0 Å². The summed E-state index contributed by atoms with van der Waals surface area (Å²) >= 11 is 3.26. The molecule has 0 saturated carbocycles. The first-order valence-electron chi connectivity index (χ1n) is 6.29. The van der Waals surface area contributed by atoms with Crippen molar-refractivity contribution in [3.05, 3.63) is 57.6 Å². The molecule has 5 heteroatoms. The molecule has 0 aliphatic carbocycles. The van der Waals surface area contributed by atoms with Crippen LogP contribution in [-0.2, 0) is 11.3 Å². The SMILES string of the molecule is CCOC(=O)c1c(C)ccn1Cc1cc(F)cc(Br)c1. The fourth-order valence-corrected chi connectivity index (χ4v) is 2.60. The highest BCUT2D eigenvalue weighted by Gasteiger charge is 2.16. The molecule has 0 saturated heterocycles. The van der Waals surface area contributed by atoms with E-state index < -0.39 is 0 Å². The normalized spacial score (nSPS) is 10.6. The van der Waals surface area contributed by atoms with Crippen molar-refractivity contribution in [3.63, 3.8) is 0 Å². The van der Waals surface area contributed by atoms with E-state index in [1.807, 2.05) is 19.1 Å². The average Bonchev–Trinajstić information content (AvgIpc) is 2.69. The molecule has 1 heterocycles. The highest BCUT2D eigenvalue weighted by Crippen LogP contribution is 2.18. The molecule has 106 valence electrons. The molecule has 0 atom stereocenters. The molecule has 3 nitrogen and oxygen atoms in total. The Labute approximate surface area is 125 Å². The van der Waals surface area contributed by atoms with Gasteiger partial charge in [-0.1, -0.05) is 15.9 Å². The zero-order chi connectivity index (χ0) is 14.7. The minimum atomic E-state index is -0.356. The van der Waals surface area contributed by atoms with Crippen LogP contribution in [0.2, 0.25) is 0 Å². The summed E-state index contributed by atoms with van der Waals surface area (Å²) in [5.41, 5.74) is 2.13. The number of hydrogen-bond donors (Lipinski definition) is 0. The van der Waals surface area contributed by atoms with Crippen molar-refractivity contribution >= 4 is 21.9 Å². The maximum Gasteiger partial charge on any atom is 0.355 e. The van der Waals surface area contributed by atoms with E-state index in [4.69, 9.17) is 4.74 Å². The fraction of sp³-hybridized carbons (Fsp3) is 0.267. The van der Waals surface area contributed by atoms with Gasteiger partial charge in [0.2, 0.25) is 0 Å². The van der Waals surface area contributed by atoms with Crippen LogP contribution >= 0.6 is 15.9 Å². The van der Waals surface area contributed by atoms with E-state index in [9.17, 15) is 9.18 Å². The first-order chi connectivity index (χ1) is 9.51. The van der Waals surface area contributed by atoms with Gasteiger partial charge in [0.05, 0.1) is 6.61 Å². The molecule has 2 rings (SSSR count). The standard InChI is InChI=1S/C15H15BrFNO2/c1-3-20-15(19)14-10(2)4-5-18(14)9-11-6-12(16)8-13(17)7-11/h4-8H,3,9H2,1-2H3. The molecule has 0 aliphatic heterocycles. The molecule has 1 aromatic carbocycles. The molecule has 0 aliphatic rings. The lowest BCUT2D eigenvalue weighted by Gasteiger charge is -2.10. The van der Waals surface area contributed by atoms with Crippen LogP contribution in [0.25, 0.3) is 0 Å². The number of carbonyl (C=O) groups excluding carboxylic acids is 1. The number of benzene rings is 1. The Morgan fingerprint density at radius 1 is 1.40 bits per heavy atom. The lowest BCUT2D eigenvalue weighted by atomic mass is 10.2. The largest absolute Gasteiger partial charge is 0.461 e. The monoisotopic (exact) mass is 339 g/mol. The Balaban J connectivity index is 2.32. The Hall–Kier alpha value is -1.62. The molecule has 0 spiro atoms. The van der Waals surface area contributed by atoms with Crippen molar-refractivity contribution in [2.75, 3.05) is 6.61 Å². The summed E-state index contributed by atoms with van der Waals surface area (Å²) in [7, 11) is 0. The lowest BCUT2D eigenvalue weighted by molar-refractivity contribution is 0.0513. The maximum absolute atomic E-state index is 13.4. The molecule has 0 bridgehead atoms. The topological polar surface area (TPSA) is 31.2 Å². The summed E-state index contributed by atoms with van der Waals surface area (Å²) in [6.07, 6.45) is 1.81. The third-order valence-electron chi connectivity index (χ3n) is 2.91. The summed E-state index contributed by atoms with van der Waals surface area (Å²) in [5, 5.41) is 0. The Kier molecular flexibility index (Phi) is 4.60. The van der Waals surface area contributed by atoms with Crippen molar-refractivity contribution in [1.29, 1.82) is 0 Å². The molecule has 0 amide bonds. The smallest absolute Gasteiger partial charge is 0.355 e. The minimum absolute atomic E-state index is 0.309. The summed E-state index contributed by atoms with van der Waals surface area (Å²) in [6, 6.07) is 6.53. The molecule has 0 fully saturated rings. The Morgan fingerprint density at radius 2 is 2.15 bits per heavy atom.